The lowest BCUT2D eigenvalue weighted by Gasteiger charge is -2.18. The van der Waals surface area contributed by atoms with Crippen molar-refractivity contribution in [2.75, 3.05) is 30.0 Å². The number of anilines is 4. The maximum Gasteiger partial charge on any atom is 0.185 e. The summed E-state index contributed by atoms with van der Waals surface area (Å²) in [7, 11) is 3.92. The highest BCUT2D eigenvalue weighted by Crippen LogP contribution is 2.29. The normalized spacial score (nSPS) is 10.9. The lowest BCUT2D eigenvalue weighted by Crippen LogP contribution is -2.11. The minimum atomic E-state index is -0.477. The number of hydrogen-bond acceptors (Lipinski definition) is 5. The lowest BCUT2D eigenvalue weighted by molar-refractivity contribution is 0.629. The predicted molar refractivity (Wildman–Crippen MR) is 87.0 cm³/mol. The third-order valence-electron chi connectivity index (χ3n) is 3.57. The predicted octanol–water partition coefficient (Wildman–Crippen LogP) is 2.80. The molecule has 4 N–H and O–H groups in total. The highest BCUT2D eigenvalue weighted by Gasteiger charge is 2.13. The molecule has 0 atom stereocenters. The molecule has 1 aromatic carbocycles. The van der Waals surface area contributed by atoms with Crippen LogP contribution in [0.2, 0.25) is 0 Å². The molecule has 2 aromatic heterocycles. The molecule has 0 saturated heterocycles. The smallest absolute Gasteiger partial charge is 0.185 e. The number of nitrogens with two attached hydrogens (primary N) is 1. The summed E-state index contributed by atoms with van der Waals surface area (Å²) in [5.41, 5.74) is 8.91. The van der Waals surface area contributed by atoms with E-state index in [0.29, 0.717) is 16.9 Å². The van der Waals surface area contributed by atoms with Crippen molar-refractivity contribution in [1.82, 2.24) is 15.2 Å². The van der Waals surface area contributed by atoms with Crippen molar-refractivity contribution in [1.29, 1.82) is 0 Å². The number of nitrogen functional groups attached to an aromatic ring is 1. The highest BCUT2D eigenvalue weighted by atomic mass is 19.1. The first-order valence-electron chi connectivity index (χ1n) is 6.81. The molecule has 0 bridgehead atoms. The van der Waals surface area contributed by atoms with Gasteiger partial charge in [-0.2, -0.15) is 5.10 Å². The third-order valence-corrected chi connectivity index (χ3v) is 3.57. The van der Waals surface area contributed by atoms with Crippen LogP contribution in [0.4, 0.5) is 27.4 Å². The quantitative estimate of drug-likeness (QED) is 0.693. The van der Waals surface area contributed by atoms with E-state index in [-0.39, 0.29) is 5.82 Å². The summed E-state index contributed by atoms with van der Waals surface area (Å²) in [4.78, 5) is 6.19. The van der Waals surface area contributed by atoms with Crippen LogP contribution in [-0.2, 0) is 0 Å². The Morgan fingerprint density at radius 2 is 2.09 bits per heavy atom. The van der Waals surface area contributed by atoms with Gasteiger partial charge in [-0.1, -0.05) is 6.07 Å². The molecule has 3 rings (SSSR count). The molecule has 2 heterocycles. The van der Waals surface area contributed by atoms with Crippen molar-refractivity contribution >= 4 is 34.0 Å². The number of aromatic nitrogens is 3. The molecule has 6 nitrogen and oxygen atoms in total. The van der Waals surface area contributed by atoms with Gasteiger partial charge in [0.25, 0.3) is 0 Å². The summed E-state index contributed by atoms with van der Waals surface area (Å²) >= 11 is 0. The van der Waals surface area contributed by atoms with E-state index in [4.69, 9.17) is 5.73 Å². The number of aromatic amines is 1. The first-order chi connectivity index (χ1) is 10.5. The molecule has 3 aromatic rings. The molecule has 0 radical (unpaired) electrons. The number of benzene rings is 1. The van der Waals surface area contributed by atoms with Crippen LogP contribution in [0.5, 0.6) is 0 Å². The Bertz CT molecular complexity index is 839. The van der Waals surface area contributed by atoms with Crippen LogP contribution in [-0.4, -0.2) is 29.3 Å². The molecule has 22 heavy (non-hydrogen) atoms. The van der Waals surface area contributed by atoms with Gasteiger partial charge >= 0.3 is 0 Å². The van der Waals surface area contributed by atoms with Crippen LogP contribution in [0.1, 0.15) is 5.56 Å². The van der Waals surface area contributed by atoms with Gasteiger partial charge in [-0.15, -0.1) is 0 Å². The number of hydrogen-bond donors (Lipinski definition) is 3. The standard InChI is InChI=1S/C15H17FN6/c1-8-11(5-4-6-12(8)22(2)3)18-15-10(16)7-9-13(17)20-21-14(9)19-15/h4-7H,1-3H3,(H4,17,18,19,20,21). The Labute approximate surface area is 127 Å². The van der Waals surface area contributed by atoms with Gasteiger partial charge in [0.2, 0.25) is 0 Å². The van der Waals surface area contributed by atoms with Crippen LogP contribution >= 0.6 is 0 Å². The second kappa shape index (κ2) is 5.18. The number of halogens is 1. The maximum atomic E-state index is 14.2. The number of fused-ring (bicyclic) bond motifs is 1. The van der Waals surface area contributed by atoms with Crippen molar-refractivity contribution < 1.29 is 4.39 Å². The Hall–Kier alpha value is -2.83. The van der Waals surface area contributed by atoms with Gasteiger partial charge in [-0.25, -0.2) is 9.37 Å². The van der Waals surface area contributed by atoms with E-state index in [1.807, 2.05) is 44.1 Å². The fourth-order valence-electron chi connectivity index (χ4n) is 2.39. The van der Waals surface area contributed by atoms with Crippen LogP contribution in [0.25, 0.3) is 11.0 Å². The zero-order valence-electron chi connectivity index (χ0n) is 12.6. The summed E-state index contributed by atoms with van der Waals surface area (Å²) < 4.78 is 14.2. The number of nitrogens with zero attached hydrogens (tertiary/aromatic N) is 3. The summed E-state index contributed by atoms with van der Waals surface area (Å²) in [5, 5.41) is 10.1. The second-order valence-electron chi connectivity index (χ2n) is 5.30. The lowest BCUT2D eigenvalue weighted by atomic mass is 10.1. The molecular weight excluding hydrogens is 283 g/mol. The molecule has 0 amide bonds. The number of pyridine rings is 1. The van der Waals surface area contributed by atoms with Crippen molar-refractivity contribution in [3.8, 4) is 0 Å². The Morgan fingerprint density at radius 1 is 1.32 bits per heavy atom. The molecule has 0 spiro atoms. The SMILES string of the molecule is Cc1c(Nc2nc3n[nH]c(N)c3cc2F)cccc1N(C)C. The number of rotatable bonds is 3. The number of H-pyrrole nitrogens is 1. The van der Waals surface area contributed by atoms with Crippen molar-refractivity contribution in [3.05, 3.63) is 35.6 Å². The minimum Gasteiger partial charge on any atom is -0.384 e. The van der Waals surface area contributed by atoms with Gasteiger partial charge in [0, 0.05) is 25.5 Å². The van der Waals surface area contributed by atoms with Crippen molar-refractivity contribution in [2.24, 2.45) is 0 Å². The van der Waals surface area contributed by atoms with Gasteiger partial charge in [0.1, 0.15) is 5.82 Å². The fourth-order valence-corrected chi connectivity index (χ4v) is 2.39. The van der Waals surface area contributed by atoms with E-state index in [2.05, 4.69) is 20.5 Å². The Morgan fingerprint density at radius 3 is 2.82 bits per heavy atom. The summed E-state index contributed by atoms with van der Waals surface area (Å²) in [6.45, 7) is 1.97. The van der Waals surface area contributed by atoms with Crippen LogP contribution in [0, 0.1) is 12.7 Å². The molecule has 0 fully saturated rings. The van der Waals surface area contributed by atoms with E-state index in [1.54, 1.807) is 0 Å². The van der Waals surface area contributed by atoms with E-state index in [9.17, 15) is 4.39 Å². The monoisotopic (exact) mass is 300 g/mol. The Kier molecular flexibility index (Phi) is 3.32. The average Bonchev–Trinajstić information content (AvgIpc) is 2.82. The maximum absolute atomic E-state index is 14.2. The number of nitrogens with one attached hydrogen (secondary N) is 2. The molecular formula is C15H17FN6. The molecule has 0 saturated carbocycles. The molecule has 0 aliphatic carbocycles. The van der Waals surface area contributed by atoms with E-state index >= 15 is 0 Å². The minimum absolute atomic E-state index is 0.123. The van der Waals surface area contributed by atoms with Gasteiger partial charge in [0.15, 0.2) is 17.3 Å². The van der Waals surface area contributed by atoms with Gasteiger partial charge in [0.05, 0.1) is 5.39 Å². The zero-order chi connectivity index (χ0) is 15.9. The summed E-state index contributed by atoms with van der Waals surface area (Å²) in [5.74, 6) is -0.0491. The van der Waals surface area contributed by atoms with E-state index in [1.165, 1.54) is 6.07 Å². The summed E-state index contributed by atoms with van der Waals surface area (Å²) in [6.07, 6.45) is 0. The molecule has 114 valence electrons. The first kappa shape index (κ1) is 14.1. The molecule has 0 unspecified atom stereocenters. The van der Waals surface area contributed by atoms with Gasteiger partial charge in [-0.3, -0.25) is 5.10 Å². The van der Waals surface area contributed by atoms with E-state index < -0.39 is 5.82 Å². The first-order valence-corrected chi connectivity index (χ1v) is 6.81. The van der Waals surface area contributed by atoms with E-state index in [0.717, 1.165) is 16.9 Å². The topological polar surface area (TPSA) is 82.9 Å². The summed E-state index contributed by atoms with van der Waals surface area (Å²) in [6, 6.07) is 7.12. The van der Waals surface area contributed by atoms with Crippen LogP contribution < -0.4 is 16.0 Å². The third kappa shape index (κ3) is 2.30. The second-order valence-corrected chi connectivity index (χ2v) is 5.30. The average molecular weight is 300 g/mol. The highest BCUT2D eigenvalue weighted by molar-refractivity contribution is 5.87. The van der Waals surface area contributed by atoms with Crippen molar-refractivity contribution in [2.45, 2.75) is 6.92 Å². The van der Waals surface area contributed by atoms with Gasteiger partial charge < -0.3 is 16.0 Å². The van der Waals surface area contributed by atoms with Crippen LogP contribution in [0.15, 0.2) is 24.3 Å². The fraction of sp³-hybridized carbons (Fsp3) is 0.200. The largest absolute Gasteiger partial charge is 0.384 e. The molecule has 0 aliphatic rings. The molecule has 7 heteroatoms. The zero-order valence-corrected chi connectivity index (χ0v) is 12.6. The van der Waals surface area contributed by atoms with Gasteiger partial charge in [-0.05, 0) is 30.7 Å². The van der Waals surface area contributed by atoms with Crippen molar-refractivity contribution in [3.63, 3.8) is 0 Å². The van der Waals surface area contributed by atoms with Crippen LogP contribution in [0.3, 0.4) is 0 Å². The Balaban J connectivity index is 2.03. The molecule has 0 aliphatic heterocycles.